The highest BCUT2D eigenvalue weighted by Gasteiger charge is 2.15. The second-order valence-electron chi connectivity index (χ2n) is 9.24. The first kappa shape index (κ1) is 23.7. The Kier molecular flexibility index (Phi) is 6.21. The predicted octanol–water partition coefficient (Wildman–Crippen LogP) is 6.97. The standard InChI is InChI=1S/C33H22ClN3O/c34-27-15-14-26-20-36-33(35)28(29(26)19-27)16-9-21-5-12-24(13-6-21)32(38)17-22-7-10-23(11-8-22)31-18-25-3-1-2-4-30(25)37-31/h1-8,10-15,19-20H,17-18H2,(H2,35,36). The number of aromatic nitrogens is 1. The lowest BCUT2D eigenvalue weighted by atomic mass is 9.99. The second-order valence-corrected chi connectivity index (χ2v) is 9.67. The van der Waals surface area contributed by atoms with Crippen molar-refractivity contribution in [2.24, 2.45) is 4.99 Å². The van der Waals surface area contributed by atoms with E-state index < -0.39 is 0 Å². The fraction of sp³-hybridized carbons (Fsp3) is 0.0606. The van der Waals surface area contributed by atoms with Crippen LogP contribution in [0.4, 0.5) is 11.5 Å². The maximum atomic E-state index is 12.9. The first-order chi connectivity index (χ1) is 18.5. The third kappa shape index (κ3) is 4.80. The largest absolute Gasteiger partial charge is 0.383 e. The third-order valence-corrected chi connectivity index (χ3v) is 6.91. The van der Waals surface area contributed by atoms with Crippen LogP contribution in [0.15, 0.2) is 102 Å². The summed E-state index contributed by atoms with van der Waals surface area (Å²) in [6, 6.07) is 29.2. The number of benzene rings is 4. The molecule has 0 bridgehead atoms. The Morgan fingerprint density at radius 1 is 0.921 bits per heavy atom. The van der Waals surface area contributed by atoms with Gasteiger partial charge in [-0.15, -0.1) is 0 Å². The zero-order chi connectivity index (χ0) is 26.1. The lowest BCUT2D eigenvalue weighted by Gasteiger charge is -2.05. The molecular weight excluding hydrogens is 490 g/mol. The average Bonchev–Trinajstić information content (AvgIpc) is 3.38. The van der Waals surface area contributed by atoms with Crippen molar-refractivity contribution >= 4 is 45.4 Å². The van der Waals surface area contributed by atoms with Gasteiger partial charge < -0.3 is 5.73 Å². The van der Waals surface area contributed by atoms with Gasteiger partial charge >= 0.3 is 0 Å². The van der Waals surface area contributed by atoms with Gasteiger partial charge in [0.2, 0.25) is 0 Å². The van der Waals surface area contributed by atoms with Gasteiger partial charge in [-0.25, -0.2) is 4.98 Å². The number of hydrogen-bond donors (Lipinski definition) is 1. The zero-order valence-electron chi connectivity index (χ0n) is 20.4. The van der Waals surface area contributed by atoms with Gasteiger partial charge in [-0.05, 0) is 47.0 Å². The summed E-state index contributed by atoms with van der Waals surface area (Å²) in [5.74, 6) is 6.68. The summed E-state index contributed by atoms with van der Waals surface area (Å²) < 4.78 is 0. The number of fused-ring (bicyclic) bond motifs is 2. The molecule has 38 heavy (non-hydrogen) atoms. The minimum absolute atomic E-state index is 0.0556. The van der Waals surface area contributed by atoms with Crippen molar-refractivity contribution in [3.05, 3.63) is 136 Å². The molecule has 6 rings (SSSR count). The van der Waals surface area contributed by atoms with Gasteiger partial charge in [0.25, 0.3) is 0 Å². The molecule has 0 aliphatic carbocycles. The van der Waals surface area contributed by atoms with Crippen molar-refractivity contribution in [3.63, 3.8) is 0 Å². The SMILES string of the molecule is Nc1ncc2ccc(Cl)cc2c1C#Cc1ccc(C(=O)Cc2ccc(C3=Nc4ccccc4C3)cc2)cc1. The molecule has 1 aliphatic rings. The number of carbonyl (C=O) groups is 1. The van der Waals surface area contributed by atoms with Gasteiger partial charge in [0, 0.05) is 46.0 Å². The Bertz CT molecular complexity index is 1790. The van der Waals surface area contributed by atoms with Crippen LogP contribution >= 0.6 is 11.6 Å². The van der Waals surface area contributed by atoms with Crippen molar-refractivity contribution in [2.45, 2.75) is 12.8 Å². The molecule has 4 aromatic carbocycles. The van der Waals surface area contributed by atoms with Gasteiger partial charge in [-0.2, -0.15) is 0 Å². The fourth-order valence-electron chi connectivity index (χ4n) is 4.61. The molecule has 0 atom stereocenters. The first-order valence-electron chi connectivity index (χ1n) is 12.3. The number of carbonyl (C=O) groups excluding carboxylic acids is 1. The van der Waals surface area contributed by atoms with Crippen molar-refractivity contribution < 1.29 is 4.79 Å². The number of nitrogens with two attached hydrogens (primary N) is 1. The maximum absolute atomic E-state index is 12.9. The van der Waals surface area contributed by atoms with Gasteiger partial charge in [0.1, 0.15) is 5.82 Å². The molecule has 0 spiro atoms. The Labute approximate surface area is 225 Å². The molecule has 0 saturated carbocycles. The van der Waals surface area contributed by atoms with Crippen LogP contribution in [0.3, 0.4) is 0 Å². The van der Waals surface area contributed by atoms with E-state index in [1.54, 1.807) is 6.20 Å². The van der Waals surface area contributed by atoms with Crippen LogP contribution in [0.1, 0.15) is 38.2 Å². The van der Waals surface area contributed by atoms with Gasteiger partial charge in [-0.1, -0.05) is 84.1 Å². The van der Waals surface area contributed by atoms with Crippen molar-refractivity contribution in [2.75, 3.05) is 5.73 Å². The normalized spacial score (nSPS) is 12.0. The number of hydrogen-bond acceptors (Lipinski definition) is 4. The van der Waals surface area contributed by atoms with E-state index in [1.807, 2.05) is 84.9 Å². The molecule has 2 N–H and O–H groups in total. The monoisotopic (exact) mass is 511 g/mol. The number of nitrogen functional groups attached to an aromatic ring is 1. The Balaban J connectivity index is 1.14. The molecule has 5 aromatic rings. The molecule has 5 heteroatoms. The minimum Gasteiger partial charge on any atom is -0.383 e. The summed E-state index contributed by atoms with van der Waals surface area (Å²) in [5, 5.41) is 2.39. The highest BCUT2D eigenvalue weighted by molar-refractivity contribution is 6.31. The molecule has 0 radical (unpaired) electrons. The van der Waals surface area contributed by atoms with E-state index in [4.69, 9.17) is 22.3 Å². The van der Waals surface area contributed by atoms with E-state index in [9.17, 15) is 4.79 Å². The fourth-order valence-corrected chi connectivity index (χ4v) is 4.78. The lowest BCUT2D eigenvalue weighted by molar-refractivity contribution is 0.0993. The number of aliphatic imine (C=N–C) groups is 1. The molecule has 0 fully saturated rings. The third-order valence-electron chi connectivity index (χ3n) is 6.68. The number of nitrogens with zero attached hydrogens (tertiary/aromatic N) is 2. The quantitative estimate of drug-likeness (QED) is 0.209. The molecule has 0 saturated heterocycles. The summed E-state index contributed by atoms with van der Waals surface area (Å²) in [5.41, 5.74) is 13.6. The van der Waals surface area contributed by atoms with Crippen LogP contribution in [-0.4, -0.2) is 16.5 Å². The Hall–Kier alpha value is -4.72. The van der Waals surface area contributed by atoms with Crippen LogP contribution in [0.2, 0.25) is 5.02 Å². The van der Waals surface area contributed by atoms with Crippen LogP contribution in [0.25, 0.3) is 10.8 Å². The van der Waals surface area contributed by atoms with E-state index in [1.165, 1.54) is 5.56 Å². The summed E-state index contributed by atoms with van der Waals surface area (Å²) in [4.78, 5) is 21.9. The van der Waals surface area contributed by atoms with E-state index in [2.05, 4.69) is 22.9 Å². The average molecular weight is 512 g/mol. The number of rotatable bonds is 4. The highest BCUT2D eigenvalue weighted by Crippen LogP contribution is 2.28. The van der Waals surface area contributed by atoms with E-state index in [0.717, 1.165) is 45.3 Å². The number of pyridine rings is 1. The summed E-state index contributed by atoms with van der Waals surface area (Å²) >= 11 is 6.17. The van der Waals surface area contributed by atoms with Gasteiger partial charge in [-0.3, -0.25) is 9.79 Å². The van der Waals surface area contributed by atoms with E-state index >= 15 is 0 Å². The maximum Gasteiger partial charge on any atom is 0.167 e. The molecule has 1 aromatic heterocycles. The number of ketones is 1. The van der Waals surface area contributed by atoms with Crippen molar-refractivity contribution in [1.29, 1.82) is 0 Å². The number of halogens is 1. The predicted molar refractivity (Wildman–Crippen MR) is 154 cm³/mol. The van der Waals surface area contributed by atoms with E-state index in [0.29, 0.717) is 28.4 Å². The summed E-state index contributed by atoms with van der Waals surface area (Å²) in [6.07, 6.45) is 2.88. The molecule has 182 valence electrons. The Morgan fingerprint density at radius 2 is 1.71 bits per heavy atom. The van der Waals surface area contributed by atoms with E-state index in [-0.39, 0.29) is 5.78 Å². The molecular formula is C33H22ClN3O. The second kappa shape index (κ2) is 9.97. The lowest BCUT2D eigenvalue weighted by Crippen LogP contribution is -2.05. The first-order valence-corrected chi connectivity index (χ1v) is 12.6. The molecule has 0 unspecified atom stereocenters. The molecule has 4 nitrogen and oxygen atoms in total. The summed E-state index contributed by atoms with van der Waals surface area (Å²) in [7, 11) is 0. The van der Waals surface area contributed by atoms with Gasteiger partial charge in [0.05, 0.1) is 17.0 Å². The van der Waals surface area contributed by atoms with Crippen molar-refractivity contribution in [1.82, 2.24) is 4.98 Å². The van der Waals surface area contributed by atoms with Crippen LogP contribution < -0.4 is 5.73 Å². The van der Waals surface area contributed by atoms with Crippen LogP contribution in [0.5, 0.6) is 0 Å². The van der Waals surface area contributed by atoms with Gasteiger partial charge in [0.15, 0.2) is 5.78 Å². The summed E-state index contributed by atoms with van der Waals surface area (Å²) in [6.45, 7) is 0. The number of Topliss-reactive ketones (excluding diaryl/α,β-unsaturated/α-hetero) is 1. The smallest absolute Gasteiger partial charge is 0.167 e. The Morgan fingerprint density at radius 3 is 2.50 bits per heavy atom. The topological polar surface area (TPSA) is 68.3 Å². The number of anilines is 1. The minimum atomic E-state index is 0.0556. The molecule has 1 aliphatic heterocycles. The van der Waals surface area contributed by atoms with Crippen LogP contribution in [0, 0.1) is 11.8 Å². The van der Waals surface area contributed by atoms with Crippen molar-refractivity contribution in [3.8, 4) is 11.8 Å². The highest BCUT2D eigenvalue weighted by atomic mass is 35.5. The van der Waals surface area contributed by atoms with Crippen LogP contribution in [-0.2, 0) is 12.8 Å². The number of para-hydroxylation sites is 1. The molecule has 0 amide bonds. The zero-order valence-corrected chi connectivity index (χ0v) is 21.2. The molecule has 2 heterocycles.